The van der Waals surface area contributed by atoms with Crippen molar-refractivity contribution in [2.24, 2.45) is 0 Å². The van der Waals surface area contributed by atoms with Gasteiger partial charge >= 0.3 is 0 Å². The summed E-state index contributed by atoms with van der Waals surface area (Å²) in [5.41, 5.74) is 2.78. The Morgan fingerprint density at radius 3 is 2.60 bits per heavy atom. The number of benzene rings is 1. The first-order chi connectivity index (χ1) is 9.20. The number of nitrogens with one attached hydrogen (secondary N) is 2. The molecule has 1 heterocycles. The number of aromatic nitrogens is 1. The number of carbonyl (C=O) groups excluding carboxylic acids is 1. The van der Waals surface area contributed by atoms with Crippen LogP contribution in [0, 0.1) is 6.92 Å². The first-order valence-corrected chi connectivity index (χ1v) is 6.17. The highest BCUT2D eigenvalue weighted by Gasteiger charge is 2.13. The Kier molecular flexibility index (Phi) is 6.21. The first kappa shape index (κ1) is 16.2. The molecule has 0 saturated carbocycles. The van der Waals surface area contributed by atoms with Gasteiger partial charge < -0.3 is 15.2 Å². The van der Waals surface area contributed by atoms with Crippen LogP contribution in [0.15, 0.2) is 34.9 Å². The van der Waals surface area contributed by atoms with Gasteiger partial charge in [-0.25, -0.2) is 0 Å². The van der Waals surface area contributed by atoms with Crippen molar-refractivity contribution < 1.29 is 9.32 Å². The van der Waals surface area contributed by atoms with Gasteiger partial charge in [0, 0.05) is 24.7 Å². The number of hydrogen-bond acceptors (Lipinski definition) is 4. The average molecular weight is 296 g/mol. The Balaban J connectivity index is 0.00000200. The molecule has 0 atom stereocenters. The Bertz CT molecular complexity index is 552. The minimum Gasteiger partial charge on any atom is -0.350 e. The molecule has 0 radical (unpaired) electrons. The molecular formula is C14H18ClN3O2. The van der Waals surface area contributed by atoms with Gasteiger partial charge in [0.2, 0.25) is 5.76 Å². The lowest BCUT2D eigenvalue weighted by Gasteiger charge is -2.00. The van der Waals surface area contributed by atoms with E-state index in [4.69, 9.17) is 4.52 Å². The predicted octanol–water partition coefficient (Wildman–Crippen LogP) is 2.02. The van der Waals surface area contributed by atoms with Crippen molar-refractivity contribution in [1.29, 1.82) is 0 Å². The highest BCUT2D eigenvalue weighted by Crippen LogP contribution is 2.19. The van der Waals surface area contributed by atoms with E-state index in [1.54, 1.807) is 6.07 Å². The molecule has 2 aromatic rings. The minimum atomic E-state index is -0.249. The predicted molar refractivity (Wildman–Crippen MR) is 80.2 cm³/mol. The smallest absolute Gasteiger partial charge is 0.289 e. The second-order valence-electron chi connectivity index (χ2n) is 4.30. The van der Waals surface area contributed by atoms with Crippen LogP contribution in [-0.2, 0) is 0 Å². The lowest BCUT2D eigenvalue weighted by molar-refractivity contribution is 0.0917. The Morgan fingerprint density at radius 1 is 1.25 bits per heavy atom. The number of carbonyl (C=O) groups is 1. The lowest BCUT2D eigenvalue weighted by Crippen LogP contribution is -2.30. The van der Waals surface area contributed by atoms with Crippen molar-refractivity contribution in [2.45, 2.75) is 6.92 Å². The summed E-state index contributed by atoms with van der Waals surface area (Å²) in [5.74, 6) is -0.0206. The van der Waals surface area contributed by atoms with E-state index >= 15 is 0 Å². The summed E-state index contributed by atoms with van der Waals surface area (Å²) in [5, 5.41) is 9.60. The van der Waals surface area contributed by atoms with Crippen LogP contribution in [0.4, 0.5) is 0 Å². The number of aryl methyl sites for hydroxylation is 1. The largest absolute Gasteiger partial charge is 0.350 e. The molecule has 2 N–H and O–H groups in total. The summed E-state index contributed by atoms with van der Waals surface area (Å²) in [6.45, 7) is 3.29. The van der Waals surface area contributed by atoms with Crippen LogP contribution >= 0.6 is 12.4 Å². The van der Waals surface area contributed by atoms with Crippen LogP contribution in [0.1, 0.15) is 16.1 Å². The molecule has 1 aromatic heterocycles. The molecule has 0 fully saturated rings. The summed E-state index contributed by atoms with van der Waals surface area (Å²) in [6, 6.07) is 9.55. The summed E-state index contributed by atoms with van der Waals surface area (Å²) in [7, 11) is 1.83. The molecule has 0 bridgehead atoms. The zero-order chi connectivity index (χ0) is 13.7. The molecule has 6 heteroatoms. The van der Waals surface area contributed by atoms with Gasteiger partial charge in [-0.05, 0) is 14.0 Å². The van der Waals surface area contributed by atoms with Crippen molar-refractivity contribution in [2.75, 3.05) is 20.1 Å². The molecule has 0 aliphatic heterocycles. The van der Waals surface area contributed by atoms with Crippen molar-refractivity contribution in [1.82, 2.24) is 15.8 Å². The molecule has 20 heavy (non-hydrogen) atoms. The topological polar surface area (TPSA) is 67.2 Å². The summed E-state index contributed by atoms with van der Waals surface area (Å²) in [6.07, 6.45) is 0. The maximum Gasteiger partial charge on any atom is 0.289 e. The Morgan fingerprint density at radius 2 is 1.95 bits per heavy atom. The second-order valence-corrected chi connectivity index (χ2v) is 4.30. The molecule has 0 unspecified atom stereocenters. The quantitative estimate of drug-likeness (QED) is 0.828. The number of rotatable bonds is 5. The molecule has 108 valence electrons. The van der Waals surface area contributed by atoms with Crippen molar-refractivity contribution >= 4 is 18.3 Å². The van der Waals surface area contributed by atoms with E-state index in [1.165, 1.54) is 5.56 Å². The van der Waals surface area contributed by atoms with E-state index < -0.39 is 0 Å². The van der Waals surface area contributed by atoms with Gasteiger partial charge in [0.25, 0.3) is 5.91 Å². The van der Waals surface area contributed by atoms with Gasteiger partial charge in [-0.15, -0.1) is 12.4 Å². The molecule has 0 spiro atoms. The van der Waals surface area contributed by atoms with E-state index in [-0.39, 0.29) is 24.1 Å². The monoisotopic (exact) mass is 295 g/mol. The van der Waals surface area contributed by atoms with E-state index in [1.807, 2.05) is 38.2 Å². The maximum absolute atomic E-state index is 11.7. The van der Waals surface area contributed by atoms with Crippen molar-refractivity contribution in [3.05, 3.63) is 41.7 Å². The highest BCUT2D eigenvalue weighted by atomic mass is 35.5. The van der Waals surface area contributed by atoms with Crippen LogP contribution in [0.5, 0.6) is 0 Å². The van der Waals surface area contributed by atoms with Crippen LogP contribution in [0.3, 0.4) is 0 Å². The van der Waals surface area contributed by atoms with Gasteiger partial charge in [-0.3, -0.25) is 4.79 Å². The van der Waals surface area contributed by atoms with Crippen LogP contribution in [0.2, 0.25) is 0 Å². The van der Waals surface area contributed by atoms with E-state index in [0.29, 0.717) is 18.8 Å². The SMILES string of the molecule is CNCCNC(=O)c1cc(-c2ccc(C)cc2)no1.Cl. The average Bonchev–Trinajstić information content (AvgIpc) is 2.89. The van der Waals surface area contributed by atoms with Gasteiger partial charge in [-0.1, -0.05) is 35.0 Å². The molecule has 1 aromatic carbocycles. The normalized spacial score (nSPS) is 9.90. The van der Waals surface area contributed by atoms with Gasteiger partial charge in [0.05, 0.1) is 0 Å². The number of hydrogen-bond donors (Lipinski definition) is 2. The van der Waals surface area contributed by atoms with Crippen molar-refractivity contribution in [3.63, 3.8) is 0 Å². The Hall–Kier alpha value is -1.85. The zero-order valence-electron chi connectivity index (χ0n) is 11.5. The molecule has 2 rings (SSSR count). The molecule has 0 aliphatic rings. The molecular weight excluding hydrogens is 278 g/mol. The van der Waals surface area contributed by atoms with Crippen LogP contribution in [0.25, 0.3) is 11.3 Å². The highest BCUT2D eigenvalue weighted by molar-refractivity contribution is 5.92. The minimum absolute atomic E-state index is 0. The Labute approximate surface area is 124 Å². The van der Waals surface area contributed by atoms with Crippen LogP contribution < -0.4 is 10.6 Å². The summed E-state index contributed by atoms with van der Waals surface area (Å²) < 4.78 is 5.06. The first-order valence-electron chi connectivity index (χ1n) is 6.17. The van der Waals surface area contributed by atoms with E-state index in [0.717, 1.165) is 5.56 Å². The fraction of sp³-hybridized carbons (Fsp3) is 0.286. The fourth-order valence-corrected chi connectivity index (χ4v) is 1.63. The molecule has 5 nitrogen and oxygen atoms in total. The number of nitrogens with zero attached hydrogens (tertiary/aromatic N) is 1. The standard InChI is InChI=1S/C14H17N3O2.ClH/c1-10-3-5-11(6-4-10)12-9-13(19-17-12)14(18)16-8-7-15-2;/h3-6,9,15H,7-8H2,1-2H3,(H,16,18);1H. The lowest BCUT2D eigenvalue weighted by atomic mass is 10.1. The molecule has 0 aliphatic carbocycles. The third kappa shape index (κ3) is 4.08. The molecule has 1 amide bonds. The maximum atomic E-state index is 11.7. The zero-order valence-corrected chi connectivity index (χ0v) is 12.3. The van der Waals surface area contributed by atoms with Crippen LogP contribution in [-0.4, -0.2) is 31.2 Å². The number of likely N-dealkylation sites (N-methyl/N-ethyl adjacent to an activating group) is 1. The van der Waals surface area contributed by atoms with Crippen molar-refractivity contribution in [3.8, 4) is 11.3 Å². The summed E-state index contributed by atoms with van der Waals surface area (Å²) in [4.78, 5) is 11.7. The number of amides is 1. The number of halogens is 1. The fourth-order valence-electron chi connectivity index (χ4n) is 1.63. The molecule has 0 saturated heterocycles. The van der Waals surface area contributed by atoms with Gasteiger partial charge in [0.1, 0.15) is 5.69 Å². The summed E-state index contributed by atoms with van der Waals surface area (Å²) >= 11 is 0. The van der Waals surface area contributed by atoms with E-state index in [2.05, 4.69) is 15.8 Å². The van der Waals surface area contributed by atoms with E-state index in [9.17, 15) is 4.79 Å². The van der Waals surface area contributed by atoms with Gasteiger partial charge in [-0.2, -0.15) is 0 Å². The van der Waals surface area contributed by atoms with Gasteiger partial charge in [0.15, 0.2) is 0 Å². The second kappa shape index (κ2) is 7.67. The third-order valence-corrected chi connectivity index (χ3v) is 2.74. The third-order valence-electron chi connectivity index (χ3n) is 2.74.